The van der Waals surface area contributed by atoms with Crippen molar-refractivity contribution in [2.75, 3.05) is 0 Å². The number of hydrogen-bond acceptors (Lipinski definition) is 2. The summed E-state index contributed by atoms with van der Waals surface area (Å²) in [7, 11) is 0. The van der Waals surface area contributed by atoms with E-state index < -0.39 is 23.5 Å². The van der Waals surface area contributed by atoms with Gasteiger partial charge < -0.3 is 5.32 Å². The average Bonchev–Trinajstić information content (AvgIpc) is 3.18. The van der Waals surface area contributed by atoms with Crippen molar-refractivity contribution in [2.24, 2.45) is 0 Å². The van der Waals surface area contributed by atoms with Gasteiger partial charge in [-0.25, -0.2) is 0 Å². The lowest BCUT2D eigenvalue weighted by Gasteiger charge is -2.19. The summed E-state index contributed by atoms with van der Waals surface area (Å²) in [4.78, 5) is 0. The number of rotatable bonds is 9. The van der Waals surface area contributed by atoms with Gasteiger partial charge in [-0.3, -0.25) is 4.68 Å². The SMILES string of the molecule is C=C(NC(CC)CCC)/C(C)=C/c1ccc2nn(Cc3ccc(C(F)(F)F)cc3C(F)(F)F)cc2c1. The van der Waals surface area contributed by atoms with Crippen LogP contribution in [-0.4, -0.2) is 15.8 Å². The van der Waals surface area contributed by atoms with Crippen molar-refractivity contribution < 1.29 is 26.3 Å². The van der Waals surface area contributed by atoms with Gasteiger partial charge in [0.2, 0.25) is 0 Å². The van der Waals surface area contributed by atoms with E-state index >= 15 is 0 Å². The average molecular weight is 510 g/mol. The van der Waals surface area contributed by atoms with Crippen LogP contribution in [0.5, 0.6) is 0 Å². The van der Waals surface area contributed by atoms with Crippen molar-refractivity contribution >= 4 is 17.0 Å². The van der Waals surface area contributed by atoms with E-state index in [-0.39, 0.29) is 18.2 Å². The Labute approximate surface area is 206 Å². The topological polar surface area (TPSA) is 29.9 Å². The van der Waals surface area contributed by atoms with Crippen molar-refractivity contribution in [1.29, 1.82) is 0 Å². The molecule has 0 spiro atoms. The highest BCUT2D eigenvalue weighted by atomic mass is 19.4. The summed E-state index contributed by atoms with van der Waals surface area (Å²) in [6.07, 6.45) is -3.15. The maximum atomic E-state index is 13.5. The van der Waals surface area contributed by atoms with E-state index in [0.29, 0.717) is 23.0 Å². The van der Waals surface area contributed by atoms with Crippen molar-refractivity contribution in [2.45, 2.75) is 65.0 Å². The van der Waals surface area contributed by atoms with Crippen LogP contribution >= 0.6 is 0 Å². The molecule has 194 valence electrons. The summed E-state index contributed by atoms with van der Waals surface area (Å²) < 4.78 is 80.6. The van der Waals surface area contributed by atoms with Crippen molar-refractivity contribution in [3.05, 3.63) is 82.7 Å². The first-order chi connectivity index (χ1) is 16.8. The highest BCUT2D eigenvalue weighted by Crippen LogP contribution is 2.37. The summed E-state index contributed by atoms with van der Waals surface area (Å²) in [5.41, 5.74) is 0.263. The summed E-state index contributed by atoms with van der Waals surface area (Å²) >= 11 is 0. The minimum atomic E-state index is -4.93. The summed E-state index contributed by atoms with van der Waals surface area (Å²) in [6, 6.07) is 7.47. The van der Waals surface area contributed by atoms with Crippen LogP contribution in [0.1, 0.15) is 62.3 Å². The van der Waals surface area contributed by atoms with E-state index in [0.717, 1.165) is 42.2 Å². The quantitative estimate of drug-likeness (QED) is 0.233. The Balaban J connectivity index is 1.85. The number of nitrogens with one attached hydrogen (secondary N) is 1. The Morgan fingerprint density at radius 2 is 1.78 bits per heavy atom. The van der Waals surface area contributed by atoms with E-state index in [1.54, 1.807) is 12.3 Å². The number of alkyl halides is 6. The molecule has 0 fully saturated rings. The molecule has 0 amide bonds. The number of hydrogen-bond donors (Lipinski definition) is 1. The number of nitrogens with zero attached hydrogens (tertiary/aromatic N) is 2. The molecule has 1 atom stereocenters. The predicted octanol–water partition coefficient (Wildman–Crippen LogP) is 8.21. The molecule has 3 nitrogen and oxygen atoms in total. The highest BCUT2D eigenvalue weighted by molar-refractivity contribution is 5.81. The highest BCUT2D eigenvalue weighted by Gasteiger charge is 2.38. The van der Waals surface area contributed by atoms with Gasteiger partial charge in [-0.1, -0.05) is 39.0 Å². The number of benzene rings is 2. The Hall–Kier alpha value is -3.23. The molecule has 0 radical (unpaired) electrons. The molecule has 3 rings (SSSR count). The molecule has 1 aromatic heterocycles. The second-order valence-electron chi connectivity index (χ2n) is 8.86. The van der Waals surface area contributed by atoms with Gasteiger partial charge >= 0.3 is 12.4 Å². The van der Waals surface area contributed by atoms with E-state index in [1.165, 1.54) is 4.68 Å². The first-order valence-corrected chi connectivity index (χ1v) is 11.7. The maximum absolute atomic E-state index is 13.5. The summed E-state index contributed by atoms with van der Waals surface area (Å²) in [5.74, 6) is 0. The molecule has 0 aliphatic heterocycles. The molecule has 0 aliphatic rings. The first kappa shape index (κ1) is 27.4. The van der Waals surface area contributed by atoms with E-state index in [2.05, 4.69) is 30.8 Å². The Morgan fingerprint density at radius 3 is 2.39 bits per heavy atom. The summed E-state index contributed by atoms with van der Waals surface area (Å²) in [5, 5.41) is 8.45. The number of halogens is 6. The van der Waals surface area contributed by atoms with Crippen LogP contribution in [0.4, 0.5) is 26.3 Å². The number of aromatic nitrogens is 2. The molecule has 0 aliphatic carbocycles. The second kappa shape index (κ2) is 10.8. The molecule has 0 saturated heterocycles. The lowest BCUT2D eigenvalue weighted by molar-refractivity contribution is -0.143. The third-order valence-electron chi connectivity index (χ3n) is 6.02. The third-order valence-corrected chi connectivity index (χ3v) is 6.02. The molecule has 0 bridgehead atoms. The van der Waals surface area contributed by atoms with Gasteiger partial charge in [0.15, 0.2) is 0 Å². The Bertz CT molecular complexity index is 1250. The predicted molar refractivity (Wildman–Crippen MR) is 130 cm³/mol. The van der Waals surface area contributed by atoms with Gasteiger partial charge in [0.25, 0.3) is 0 Å². The zero-order valence-corrected chi connectivity index (χ0v) is 20.4. The van der Waals surface area contributed by atoms with Gasteiger partial charge in [-0.15, -0.1) is 0 Å². The van der Waals surface area contributed by atoms with Gasteiger partial charge in [0, 0.05) is 23.3 Å². The van der Waals surface area contributed by atoms with Crippen molar-refractivity contribution in [3.63, 3.8) is 0 Å². The van der Waals surface area contributed by atoms with Crippen LogP contribution in [-0.2, 0) is 18.9 Å². The molecule has 1 heterocycles. The maximum Gasteiger partial charge on any atom is 0.416 e. The lowest BCUT2D eigenvalue weighted by atomic mass is 10.0. The second-order valence-corrected chi connectivity index (χ2v) is 8.86. The Morgan fingerprint density at radius 1 is 1.06 bits per heavy atom. The van der Waals surface area contributed by atoms with Crippen molar-refractivity contribution in [3.8, 4) is 0 Å². The van der Waals surface area contributed by atoms with Crippen LogP contribution in [0.3, 0.4) is 0 Å². The van der Waals surface area contributed by atoms with Crippen LogP contribution in [0, 0.1) is 0 Å². The molecular formula is C27H29F6N3. The molecule has 36 heavy (non-hydrogen) atoms. The smallest absolute Gasteiger partial charge is 0.383 e. The number of allylic oxidation sites excluding steroid dienone is 1. The van der Waals surface area contributed by atoms with Crippen LogP contribution < -0.4 is 5.32 Å². The molecule has 1 N–H and O–H groups in total. The fourth-order valence-electron chi connectivity index (χ4n) is 4.02. The van der Waals surface area contributed by atoms with E-state index in [4.69, 9.17) is 0 Å². The van der Waals surface area contributed by atoms with Gasteiger partial charge in [0.1, 0.15) is 0 Å². The minimum absolute atomic E-state index is 0.148. The van der Waals surface area contributed by atoms with Crippen LogP contribution in [0.15, 0.2) is 60.4 Å². The van der Waals surface area contributed by atoms with E-state index in [1.807, 2.05) is 25.1 Å². The van der Waals surface area contributed by atoms with E-state index in [9.17, 15) is 26.3 Å². The first-order valence-electron chi connectivity index (χ1n) is 11.7. The van der Waals surface area contributed by atoms with Gasteiger partial charge in [-0.05, 0) is 66.8 Å². The zero-order chi connectivity index (χ0) is 26.7. The van der Waals surface area contributed by atoms with Crippen molar-refractivity contribution in [1.82, 2.24) is 15.1 Å². The van der Waals surface area contributed by atoms with Gasteiger partial charge in [-0.2, -0.15) is 31.4 Å². The normalized spacial score (nSPS) is 13.8. The Kier molecular flexibility index (Phi) is 8.21. The largest absolute Gasteiger partial charge is 0.416 e. The molecular weight excluding hydrogens is 480 g/mol. The fourth-order valence-corrected chi connectivity index (χ4v) is 4.02. The van der Waals surface area contributed by atoms with Gasteiger partial charge in [0.05, 0.1) is 23.2 Å². The molecule has 9 heteroatoms. The molecule has 2 aromatic carbocycles. The molecule has 1 unspecified atom stereocenters. The molecule has 3 aromatic rings. The standard InChI is InChI=1S/C27H29F6N3/c1-5-7-23(6-2)34-18(4)17(3)12-19-8-11-25-21(13-19)16-36(35-25)15-20-9-10-22(26(28,29)30)14-24(20)27(31,32)33/h8-14,16,23,34H,4-7,15H2,1-3H3/b17-12+. The molecule has 0 saturated carbocycles. The third kappa shape index (κ3) is 6.71. The summed E-state index contributed by atoms with van der Waals surface area (Å²) in [6.45, 7) is 10.0. The van der Waals surface area contributed by atoms with Crippen LogP contribution in [0.25, 0.3) is 17.0 Å². The zero-order valence-electron chi connectivity index (χ0n) is 20.4. The van der Waals surface area contributed by atoms with Crippen LogP contribution in [0.2, 0.25) is 0 Å². The minimum Gasteiger partial charge on any atom is -0.383 e. The lowest BCUT2D eigenvalue weighted by Crippen LogP contribution is -2.27. The fraction of sp³-hybridized carbons (Fsp3) is 0.370. The number of fused-ring (bicyclic) bond motifs is 1. The monoisotopic (exact) mass is 509 g/mol.